The Kier molecular flexibility index (Phi) is 7.20. The molecule has 16 heteroatoms. The van der Waals surface area contributed by atoms with Crippen LogP contribution in [0, 0.1) is 5.82 Å². The summed E-state index contributed by atoms with van der Waals surface area (Å²) >= 11 is 0. The fourth-order valence-electron chi connectivity index (χ4n) is 1.34. The second kappa shape index (κ2) is 9.12. The van der Waals surface area contributed by atoms with Crippen LogP contribution in [-0.4, -0.2) is 49.1 Å². The second-order valence-corrected chi connectivity index (χ2v) is 4.75. The number of nitrogens with one attached hydrogen (secondary N) is 3. The van der Waals surface area contributed by atoms with E-state index in [2.05, 4.69) is 25.7 Å². The molecule has 0 aliphatic carbocycles. The number of aliphatic hydroxyl groups excluding tert-OH is 1. The van der Waals surface area contributed by atoms with Crippen LogP contribution in [0.4, 0.5) is 29.6 Å². The average molecular weight is 405 g/mol. The van der Waals surface area contributed by atoms with E-state index in [4.69, 9.17) is 16.6 Å². The first-order chi connectivity index (χ1) is 12.9. The maximum atomic E-state index is 12.4. The van der Waals surface area contributed by atoms with Crippen molar-refractivity contribution in [2.24, 2.45) is 10.7 Å². The molecule has 2 amide bonds. The fraction of sp³-hybridized carbons (Fsp3) is 0.167. The van der Waals surface area contributed by atoms with E-state index in [1.165, 1.54) is 17.6 Å². The largest absolute Gasteiger partial charge is 0.385 e. The van der Waals surface area contributed by atoms with Gasteiger partial charge in [0.1, 0.15) is 11.6 Å². The highest BCUT2D eigenvalue weighted by atomic mass is 19.3. The van der Waals surface area contributed by atoms with E-state index in [9.17, 15) is 27.6 Å². The molecule has 1 unspecified atom stereocenters. The van der Waals surface area contributed by atoms with Gasteiger partial charge in [0.25, 0.3) is 0 Å². The molecule has 1 aliphatic heterocycles. The molecule has 10 N–H and O–H groups in total. The number of amidine groups is 1. The van der Waals surface area contributed by atoms with E-state index in [0.717, 1.165) is 6.20 Å². The van der Waals surface area contributed by atoms with Gasteiger partial charge in [-0.25, -0.2) is 23.8 Å². The summed E-state index contributed by atoms with van der Waals surface area (Å²) in [6, 6.07) is 0.447. The van der Waals surface area contributed by atoms with Crippen molar-refractivity contribution >= 4 is 23.5 Å². The van der Waals surface area contributed by atoms with E-state index in [1.54, 1.807) is 0 Å². The van der Waals surface area contributed by atoms with Crippen molar-refractivity contribution in [3.8, 4) is 0 Å². The van der Waals surface area contributed by atoms with Gasteiger partial charge in [-0.15, -0.1) is 0 Å². The minimum absolute atomic E-state index is 0.282. The number of rotatable bonds is 0. The van der Waals surface area contributed by atoms with Crippen LogP contribution >= 0.6 is 0 Å². The quantitative estimate of drug-likeness (QED) is 0.253. The van der Waals surface area contributed by atoms with E-state index < -0.39 is 41.2 Å². The first kappa shape index (κ1) is 22.1. The molecule has 2 aromatic heterocycles. The Morgan fingerprint density at radius 3 is 2.11 bits per heavy atom. The van der Waals surface area contributed by atoms with Crippen LogP contribution < -0.4 is 33.9 Å². The molecular formula is C12H14F3N9O4. The Morgan fingerprint density at radius 1 is 1.07 bits per heavy atom. The summed E-state index contributed by atoms with van der Waals surface area (Å²) in [7, 11) is 0. The first-order valence-electron chi connectivity index (χ1n) is 6.95. The van der Waals surface area contributed by atoms with Crippen molar-refractivity contribution in [2.45, 2.75) is 12.2 Å². The minimum Gasteiger partial charge on any atom is -0.385 e. The number of halogens is 3. The smallest absolute Gasteiger partial charge is 0.347 e. The van der Waals surface area contributed by atoms with Crippen LogP contribution in [0.3, 0.4) is 0 Å². The summed E-state index contributed by atoms with van der Waals surface area (Å²) in [5, 5.41) is 10.0. The van der Waals surface area contributed by atoms with Gasteiger partial charge in [-0.05, 0) is 6.07 Å². The SMILES string of the molecule is NC1=NC(=O)NC(O)C1(F)F.Nc1[nH]c(=O)ncc1F.Nc1ccnc(=O)[nH]1. The first-order valence-corrected chi connectivity index (χ1v) is 6.95. The summed E-state index contributed by atoms with van der Waals surface area (Å²) in [6.45, 7) is 0. The van der Waals surface area contributed by atoms with Crippen molar-refractivity contribution in [3.63, 3.8) is 0 Å². The number of hydrogen-bond donors (Lipinski definition) is 7. The summed E-state index contributed by atoms with van der Waals surface area (Å²) in [5.74, 6) is -5.50. The molecule has 0 fully saturated rings. The number of carbonyl (C=O) groups is 1. The summed E-state index contributed by atoms with van der Waals surface area (Å²) < 4.78 is 37.0. The molecule has 0 saturated carbocycles. The van der Waals surface area contributed by atoms with Gasteiger partial charge in [-0.3, -0.25) is 9.97 Å². The third kappa shape index (κ3) is 6.41. The number of nitrogens with two attached hydrogens (primary N) is 3. The molecular weight excluding hydrogens is 391 g/mol. The molecule has 0 bridgehead atoms. The Bertz CT molecular complexity index is 975. The molecule has 1 aliphatic rings. The van der Waals surface area contributed by atoms with Crippen LogP contribution in [0.15, 0.2) is 33.0 Å². The lowest BCUT2D eigenvalue weighted by atomic mass is 10.2. The predicted octanol–water partition coefficient (Wildman–Crippen LogP) is -2.14. The third-order valence-electron chi connectivity index (χ3n) is 2.66. The number of urea groups is 1. The zero-order valence-corrected chi connectivity index (χ0v) is 13.7. The van der Waals surface area contributed by atoms with Crippen LogP contribution in [-0.2, 0) is 0 Å². The van der Waals surface area contributed by atoms with Gasteiger partial charge in [0.2, 0.25) is 6.23 Å². The molecule has 28 heavy (non-hydrogen) atoms. The summed E-state index contributed by atoms with van der Waals surface area (Å²) in [5.41, 5.74) is 13.7. The number of nitrogens with zero attached hydrogens (tertiary/aromatic N) is 3. The number of H-pyrrole nitrogens is 2. The lowest BCUT2D eigenvalue weighted by molar-refractivity contribution is -0.0672. The van der Waals surface area contributed by atoms with Crippen LogP contribution in [0.1, 0.15) is 0 Å². The van der Waals surface area contributed by atoms with Gasteiger partial charge < -0.3 is 27.6 Å². The Labute approximate surface area is 152 Å². The number of carbonyl (C=O) groups excluding carboxylic acids is 1. The number of hydrogen-bond acceptors (Lipinski definition) is 9. The van der Waals surface area contributed by atoms with Gasteiger partial charge in [-0.1, -0.05) is 0 Å². The normalized spacial score (nSPS) is 17.1. The number of amides is 2. The van der Waals surface area contributed by atoms with Crippen molar-refractivity contribution in [1.82, 2.24) is 25.3 Å². The highest BCUT2D eigenvalue weighted by Gasteiger charge is 2.47. The van der Waals surface area contributed by atoms with Crippen LogP contribution in [0.25, 0.3) is 0 Å². The number of aromatic nitrogens is 4. The van der Waals surface area contributed by atoms with Crippen LogP contribution in [0.2, 0.25) is 0 Å². The molecule has 152 valence electrons. The fourth-order valence-corrected chi connectivity index (χ4v) is 1.34. The van der Waals surface area contributed by atoms with Gasteiger partial charge >= 0.3 is 23.3 Å². The average Bonchev–Trinajstić information content (AvgIpc) is 2.58. The molecule has 0 spiro atoms. The van der Waals surface area contributed by atoms with E-state index >= 15 is 0 Å². The lowest BCUT2D eigenvalue weighted by Crippen LogP contribution is -2.58. The van der Waals surface area contributed by atoms with Gasteiger partial charge in [0.15, 0.2) is 11.7 Å². The molecule has 3 heterocycles. The number of aromatic amines is 2. The Balaban J connectivity index is 0.000000213. The number of alkyl halides is 2. The van der Waals surface area contributed by atoms with Crippen LogP contribution in [0.5, 0.6) is 0 Å². The molecule has 3 rings (SSSR count). The molecule has 1 atom stereocenters. The molecule has 0 aromatic carbocycles. The molecule has 2 aromatic rings. The van der Waals surface area contributed by atoms with E-state index in [-0.39, 0.29) is 5.82 Å². The maximum Gasteiger partial charge on any atom is 0.347 e. The Hall–Kier alpha value is -3.95. The lowest BCUT2D eigenvalue weighted by Gasteiger charge is -2.25. The summed E-state index contributed by atoms with van der Waals surface area (Å²) in [4.78, 5) is 44.2. The van der Waals surface area contributed by atoms with Crippen molar-refractivity contribution < 1.29 is 23.1 Å². The molecule has 0 radical (unpaired) electrons. The highest BCUT2D eigenvalue weighted by Crippen LogP contribution is 2.19. The van der Waals surface area contributed by atoms with Crippen molar-refractivity contribution in [2.75, 3.05) is 11.5 Å². The van der Waals surface area contributed by atoms with Gasteiger partial charge in [0, 0.05) is 6.20 Å². The van der Waals surface area contributed by atoms with Crippen molar-refractivity contribution in [1.29, 1.82) is 0 Å². The topological polar surface area (TPSA) is 231 Å². The predicted molar refractivity (Wildman–Crippen MR) is 89.6 cm³/mol. The minimum atomic E-state index is -3.67. The number of aliphatic hydroxyl groups is 1. The van der Waals surface area contributed by atoms with Crippen molar-refractivity contribution in [3.05, 3.63) is 45.2 Å². The highest BCUT2D eigenvalue weighted by molar-refractivity contribution is 5.99. The third-order valence-corrected chi connectivity index (χ3v) is 2.66. The number of anilines is 2. The van der Waals surface area contributed by atoms with E-state index in [0.29, 0.717) is 5.82 Å². The second-order valence-electron chi connectivity index (χ2n) is 4.75. The van der Waals surface area contributed by atoms with Gasteiger partial charge in [0.05, 0.1) is 6.20 Å². The number of nitrogen functional groups attached to an aromatic ring is 2. The summed E-state index contributed by atoms with van der Waals surface area (Å²) in [6.07, 6.45) is -0.157. The molecule has 0 saturated heterocycles. The monoisotopic (exact) mass is 405 g/mol. The number of aliphatic imine (C=N–C) groups is 1. The zero-order valence-electron chi connectivity index (χ0n) is 13.7. The zero-order chi connectivity index (χ0) is 21.5. The standard InChI is InChI=1S/C4H5F2N3O2.C4H4FN3O.C4H5N3O/c5-4(6)1(7)8-3(11)9-2(4)10;5-2-1-7-4(9)8-3(2)6;5-3-1-2-6-4(8)7-3/h2,10H,(H3,7,8,9,11);1H,(H3,6,7,8,9);1-2H,(H3,5,6,7,8). The van der Waals surface area contributed by atoms with Gasteiger partial charge in [-0.2, -0.15) is 18.8 Å². The maximum absolute atomic E-state index is 12.4. The van der Waals surface area contributed by atoms with E-state index in [1.807, 2.05) is 4.98 Å². The molecule has 13 nitrogen and oxygen atoms in total. The Morgan fingerprint density at radius 2 is 1.68 bits per heavy atom.